The Labute approximate surface area is 123 Å². The Bertz CT molecular complexity index is 496. The van der Waals surface area contributed by atoms with Crippen LogP contribution in [0, 0.1) is 6.92 Å². The number of amides is 2. The molecular weight excluding hydrogens is 276 g/mol. The van der Waals surface area contributed by atoms with Gasteiger partial charge in [-0.1, -0.05) is 0 Å². The number of carboxylic acid groups (broad SMARTS) is 1. The number of aliphatic hydroxyl groups is 1. The zero-order valence-electron chi connectivity index (χ0n) is 12.5. The third-order valence-corrected chi connectivity index (χ3v) is 3.05. The Kier molecular flexibility index (Phi) is 6.23. The molecule has 0 fully saturated rings. The van der Waals surface area contributed by atoms with Crippen LogP contribution in [0.4, 0.5) is 4.79 Å². The molecule has 0 spiro atoms. The summed E-state index contributed by atoms with van der Waals surface area (Å²) in [7, 11) is 0. The van der Waals surface area contributed by atoms with Gasteiger partial charge in [0.15, 0.2) is 0 Å². The molecule has 0 aliphatic heterocycles. The van der Waals surface area contributed by atoms with Gasteiger partial charge in [-0.2, -0.15) is 0 Å². The van der Waals surface area contributed by atoms with Gasteiger partial charge in [0, 0.05) is 19.2 Å². The minimum absolute atomic E-state index is 0.00414. The van der Waals surface area contributed by atoms with Gasteiger partial charge in [-0.15, -0.1) is 0 Å². The quantitative estimate of drug-likeness (QED) is 0.709. The van der Waals surface area contributed by atoms with Crippen LogP contribution in [-0.2, 0) is 6.54 Å². The summed E-state index contributed by atoms with van der Waals surface area (Å²) in [6.07, 6.45) is 0.509. The van der Waals surface area contributed by atoms with Crippen molar-refractivity contribution in [3.63, 3.8) is 0 Å². The first-order valence-corrected chi connectivity index (χ1v) is 6.84. The van der Waals surface area contributed by atoms with Crippen molar-refractivity contribution in [2.45, 2.75) is 39.8 Å². The van der Waals surface area contributed by atoms with E-state index >= 15 is 0 Å². The summed E-state index contributed by atoms with van der Waals surface area (Å²) in [5.41, 5.74) is 0.0974. The smallest absolute Gasteiger partial charge is 0.339 e. The van der Waals surface area contributed by atoms with E-state index in [1.165, 1.54) is 6.07 Å². The van der Waals surface area contributed by atoms with Crippen molar-refractivity contribution in [2.24, 2.45) is 0 Å². The molecule has 0 radical (unpaired) electrons. The summed E-state index contributed by atoms with van der Waals surface area (Å²) < 4.78 is 5.29. The van der Waals surface area contributed by atoms with E-state index in [0.29, 0.717) is 24.5 Å². The van der Waals surface area contributed by atoms with E-state index in [-0.39, 0.29) is 30.8 Å². The van der Waals surface area contributed by atoms with Crippen LogP contribution in [0.25, 0.3) is 0 Å². The number of hydrogen-bond donors (Lipinski definition) is 3. The molecule has 0 bridgehead atoms. The lowest BCUT2D eigenvalue weighted by molar-refractivity contribution is 0.0695. The van der Waals surface area contributed by atoms with Crippen molar-refractivity contribution in [1.29, 1.82) is 0 Å². The van der Waals surface area contributed by atoms with Crippen LogP contribution in [0.5, 0.6) is 0 Å². The minimum Gasteiger partial charge on any atom is -0.478 e. The van der Waals surface area contributed by atoms with Gasteiger partial charge in [0.25, 0.3) is 0 Å². The Morgan fingerprint density at radius 2 is 2.10 bits per heavy atom. The molecule has 0 aliphatic carbocycles. The van der Waals surface area contributed by atoms with E-state index in [2.05, 4.69) is 5.32 Å². The second-order valence-corrected chi connectivity index (χ2v) is 5.01. The summed E-state index contributed by atoms with van der Waals surface area (Å²) in [6, 6.07) is 1.14. The van der Waals surface area contributed by atoms with Crippen LogP contribution < -0.4 is 5.32 Å². The molecule has 0 atom stereocenters. The Hall–Kier alpha value is -2.02. The number of nitrogens with one attached hydrogen (secondary N) is 1. The molecule has 2 amide bonds. The number of aliphatic hydroxyl groups excluding tert-OH is 1. The Morgan fingerprint density at radius 1 is 1.43 bits per heavy atom. The first kappa shape index (κ1) is 17.0. The summed E-state index contributed by atoms with van der Waals surface area (Å²) in [5, 5.41) is 20.5. The van der Waals surface area contributed by atoms with E-state index in [4.69, 9.17) is 14.6 Å². The number of carbonyl (C=O) groups is 2. The van der Waals surface area contributed by atoms with Crippen molar-refractivity contribution in [3.8, 4) is 0 Å². The third-order valence-electron chi connectivity index (χ3n) is 3.05. The number of rotatable bonds is 7. The monoisotopic (exact) mass is 298 g/mol. The number of urea groups is 1. The van der Waals surface area contributed by atoms with Gasteiger partial charge < -0.3 is 24.8 Å². The molecule has 1 heterocycles. The van der Waals surface area contributed by atoms with Crippen LogP contribution in [0.1, 0.15) is 42.1 Å². The molecule has 0 saturated carbocycles. The fraction of sp³-hybridized carbons (Fsp3) is 0.571. The van der Waals surface area contributed by atoms with Gasteiger partial charge in [-0.25, -0.2) is 9.59 Å². The molecule has 3 N–H and O–H groups in total. The average Bonchev–Trinajstić information content (AvgIpc) is 2.78. The van der Waals surface area contributed by atoms with Gasteiger partial charge in [0.05, 0.1) is 6.54 Å². The molecule has 0 aromatic carbocycles. The predicted octanol–water partition coefficient (Wildman–Crippen LogP) is 1.59. The minimum atomic E-state index is -1.06. The maximum absolute atomic E-state index is 12.1. The summed E-state index contributed by atoms with van der Waals surface area (Å²) in [6.45, 7) is 5.94. The molecule has 0 unspecified atom stereocenters. The third kappa shape index (κ3) is 4.78. The van der Waals surface area contributed by atoms with E-state index in [1.54, 1.807) is 11.8 Å². The second-order valence-electron chi connectivity index (χ2n) is 5.01. The number of furan rings is 1. The maximum atomic E-state index is 12.1. The molecular formula is C14H22N2O5. The van der Waals surface area contributed by atoms with Gasteiger partial charge in [0.1, 0.15) is 17.1 Å². The number of hydrogen-bond acceptors (Lipinski definition) is 4. The van der Waals surface area contributed by atoms with Crippen molar-refractivity contribution < 1.29 is 24.2 Å². The molecule has 7 heteroatoms. The highest BCUT2D eigenvalue weighted by Crippen LogP contribution is 2.14. The lowest BCUT2D eigenvalue weighted by Gasteiger charge is -2.26. The van der Waals surface area contributed by atoms with Gasteiger partial charge in [0.2, 0.25) is 0 Å². The van der Waals surface area contributed by atoms with Crippen molar-refractivity contribution in [2.75, 3.05) is 13.2 Å². The predicted molar refractivity (Wildman–Crippen MR) is 76.2 cm³/mol. The zero-order chi connectivity index (χ0) is 16.0. The highest BCUT2D eigenvalue weighted by atomic mass is 16.4. The van der Waals surface area contributed by atoms with Crippen molar-refractivity contribution in [1.82, 2.24) is 10.2 Å². The lowest BCUT2D eigenvalue weighted by Crippen LogP contribution is -2.44. The maximum Gasteiger partial charge on any atom is 0.339 e. The molecule has 0 saturated heterocycles. The number of aryl methyl sites for hydroxylation is 1. The first-order valence-electron chi connectivity index (χ1n) is 6.84. The van der Waals surface area contributed by atoms with Crippen LogP contribution >= 0.6 is 0 Å². The van der Waals surface area contributed by atoms with Crippen LogP contribution in [0.15, 0.2) is 10.5 Å². The summed E-state index contributed by atoms with van der Waals surface area (Å²) in [4.78, 5) is 24.6. The Morgan fingerprint density at radius 3 is 2.57 bits per heavy atom. The normalized spacial score (nSPS) is 10.7. The van der Waals surface area contributed by atoms with E-state index in [0.717, 1.165) is 0 Å². The van der Waals surface area contributed by atoms with Crippen molar-refractivity contribution in [3.05, 3.63) is 23.2 Å². The molecule has 118 valence electrons. The second kappa shape index (κ2) is 7.68. The standard InChI is InChI=1S/C14H22N2O5/c1-9(2)16(5-4-6-17)14(20)15-8-11-7-12(13(18)19)10(3)21-11/h7,9,17H,4-6,8H2,1-3H3,(H,15,20)(H,18,19). The van der Waals surface area contributed by atoms with Gasteiger partial charge in [-0.3, -0.25) is 0 Å². The fourth-order valence-corrected chi connectivity index (χ4v) is 1.94. The van der Waals surface area contributed by atoms with Crippen molar-refractivity contribution >= 4 is 12.0 Å². The highest BCUT2D eigenvalue weighted by Gasteiger charge is 2.18. The molecule has 1 aromatic rings. The van der Waals surface area contributed by atoms with Gasteiger partial charge >= 0.3 is 12.0 Å². The number of nitrogens with zero attached hydrogens (tertiary/aromatic N) is 1. The van der Waals surface area contributed by atoms with Crippen LogP contribution in [0.2, 0.25) is 0 Å². The topological polar surface area (TPSA) is 103 Å². The molecule has 0 aliphatic rings. The Balaban J connectivity index is 2.62. The molecule has 1 rings (SSSR count). The van der Waals surface area contributed by atoms with Crippen LogP contribution in [-0.4, -0.2) is 46.3 Å². The molecule has 21 heavy (non-hydrogen) atoms. The lowest BCUT2D eigenvalue weighted by atomic mass is 10.2. The van der Waals surface area contributed by atoms with E-state index < -0.39 is 5.97 Å². The van der Waals surface area contributed by atoms with Gasteiger partial charge in [-0.05, 0) is 33.3 Å². The number of aromatic carboxylic acids is 1. The summed E-state index contributed by atoms with van der Waals surface area (Å²) >= 11 is 0. The average molecular weight is 298 g/mol. The zero-order valence-corrected chi connectivity index (χ0v) is 12.5. The number of carboxylic acids is 1. The molecule has 7 nitrogen and oxygen atoms in total. The molecule has 1 aromatic heterocycles. The highest BCUT2D eigenvalue weighted by molar-refractivity contribution is 5.88. The fourth-order valence-electron chi connectivity index (χ4n) is 1.94. The first-order chi connectivity index (χ1) is 9.86. The number of carbonyl (C=O) groups excluding carboxylic acids is 1. The SMILES string of the molecule is Cc1oc(CNC(=O)N(CCCO)C(C)C)cc1C(=O)O. The van der Waals surface area contributed by atoms with Crippen LogP contribution in [0.3, 0.4) is 0 Å². The largest absolute Gasteiger partial charge is 0.478 e. The van der Waals surface area contributed by atoms with E-state index in [9.17, 15) is 9.59 Å². The summed E-state index contributed by atoms with van der Waals surface area (Å²) in [5.74, 6) is -0.350. The van der Waals surface area contributed by atoms with E-state index in [1.807, 2.05) is 13.8 Å².